The number of hydrogen-bond donors (Lipinski definition) is 3. The summed E-state index contributed by atoms with van der Waals surface area (Å²) in [7, 11) is 0. The fourth-order valence-corrected chi connectivity index (χ4v) is 7.90. The van der Waals surface area contributed by atoms with E-state index in [1.807, 2.05) is 54.9 Å². The number of nitrogens with zero attached hydrogens (tertiary/aromatic N) is 7. The molecule has 0 saturated carbocycles. The molecule has 11 nitrogen and oxygen atoms in total. The van der Waals surface area contributed by atoms with Crippen molar-refractivity contribution in [3.05, 3.63) is 161 Å². The summed E-state index contributed by atoms with van der Waals surface area (Å²) in [5.74, 6) is 0.146. The summed E-state index contributed by atoms with van der Waals surface area (Å²) in [6.07, 6.45) is 10.5. The second kappa shape index (κ2) is 11.0. The number of pyridine rings is 2. The molecule has 9 rings (SSSR count). The van der Waals surface area contributed by atoms with Gasteiger partial charge in [-0.2, -0.15) is 20.5 Å². The first-order valence-corrected chi connectivity index (χ1v) is 15.8. The minimum Gasteiger partial charge on any atom is -0.364 e. The Balaban J connectivity index is 1.57. The van der Waals surface area contributed by atoms with Crippen molar-refractivity contribution in [2.75, 3.05) is 0 Å². The molecular formula is C35H24N10OS. The van der Waals surface area contributed by atoms with E-state index in [0.717, 1.165) is 55.2 Å². The average Bonchev–Trinajstić information content (AvgIpc) is 3.97. The first-order chi connectivity index (χ1) is 23.3. The molecule has 1 aliphatic rings. The zero-order valence-electron chi connectivity index (χ0n) is 24.6. The molecule has 0 saturated heterocycles. The number of para-hydroxylation sites is 1. The van der Waals surface area contributed by atoms with E-state index in [4.69, 9.17) is 24.6 Å². The van der Waals surface area contributed by atoms with Crippen molar-refractivity contribution < 1.29 is 4.52 Å². The van der Waals surface area contributed by atoms with Gasteiger partial charge in [0.1, 0.15) is 23.5 Å². The number of nitrogens with one attached hydrogen (secondary N) is 3. The Labute approximate surface area is 271 Å². The third-order valence-electron chi connectivity index (χ3n) is 8.67. The lowest BCUT2D eigenvalue weighted by Gasteiger charge is -2.46. The fraction of sp³-hybridized carbons (Fsp3) is 0.0571. The number of aromatic nitrogens is 10. The number of thiophene rings is 1. The van der Waals surface area contributed by atoms with Crippen LogP contribution in [0.5, 0.6) is 0 Å². The predicted molar refractivity (Wildman–Crippen MR) is 178 cm³/mol. The molecule has 0 radical (unpaired) electrons. The summed E-state index contributed by atoms with van der Waals surface area (Å²) in [5.41, 5.74) is 6.84. The van der Waals surface area contributed by atoms with Crippen LogP contribution in [0.1, 0.15) is 45.1 Å². The third kappa shape index (κ3) is 4.15. The second-order valence-corrected chi connectivity index (χ2v) is 12.0. The zero-order valence-corrected chi connectivity index (χ0v) is 25.4. The summed E-state index contributed by atoms with van der Waals surface area (Å²) in [4.78, 5) is 19.8. The van der Waals surface area contributed by atoms with Gasteiger partial charge in [0, 0.05) is 69.4 Å². The highest BCUT2D eigenvalue weighted by atomic mass is 32.1. The molecule has 7 heterocycles. The van der Waals surface area contributed by atoms with Gasteiger partial charge in [-0.05, 0) is 47.4 Å². The Morgan fingerprint density at radius 2 is 1.77 bits per heavy atom. The van der Waals surface area contributed by atoms with Crippen LogP contribution in [-0.2, 0) is 5.41 Å². The average molecular weight is 633 g/mol. The Morgan fingerprint density at radius 1 is 0.809 bits per heavy atom. The lowest BCUT2D eigenvalue weighted by molar-refractivity contribution is 0.418. The quantitative estimate of drug-likeness (QED) is 0.179. The third-order valence-corrected chi connectivity index (χ3v) is 9.68. The van der Waals surface area contributed by atoms with Crippen molar-refractivity contribution >= 4 is 44.5 Å². The van der Waals surface area contributed by atoms with Crippen LogP contribution in [0.25, 0.3) is 33.2 Å². The number of hydrogen-bond acceptors (Lipinski definition) is 9. The first-order valence-electron chi connectivity index (χ1n) is 14.9. The van der Waals surface area contributed by atoms with Crippen LogP contribution in [0.15, 0.2) is 126 Å². The SMILES string of the molecule is c1ccc(C2C(c3ccn[nH]3)=C(c3ccon3)C(c3ncc[nH]3)=C(c3cn[nH]n3)C2(c2ccc3ccccc3n2)c2cccs2)nc1. The Morgan fingerprint density at radius 3 is 2.51 bits per heavy atom. The number of rotatable bonds is 7. The Kier molecular flexibility index (Phi) is 6.32. The van der Waals surface area contributed by atoms with Crippen LogP contribution in [0.2, 0.25) is 0 Å². The molecule has 47 heavy (non-hydrogen) atoms. The molecule has 226 valence electrons. The molecular weight excluding hydrogens is 609 g/mol. The van der Waals surface area contributed by atoms with Gasteiger partial charge in [0.2, 0.25) is 0 Å². The number of benzene rings is 1. The number of H-pyrrole nitrogens is 3. The van der Waals surface area contributed by atoms with Gasteiger partial charge in [-0.25, -0.2) is 4.98 Å². The Hall–Kier alpha value is -6.27. The van der Waals surface area contributed by atoms with Crippen molar-refractivity contribution in [2.24, 2.45) is 0 Å². The standard InChI is InChI=1S/C35H24N10OS/c1-2-7-22-21(6-1)10-11-27(41-22)35(28-9-5-19-47-28)32(25-8-3-4-14-36-25)30(23-12-15-39-42-23)29(24-13-18-46-44-24)31(34-37-16-17-38-34)33(35)26-20-40-45-43-26/h1-20,32H,(H,37,38)(H,39,42)(H,40,43,45). The van der Waals surface area contributed by atoms with Gasteiger partial charge in [-0.15, -0.1) is 11.3 Å². The van der Waals surface area contributed by atoms with Gasteiger partial charge in [-0.1, -0.05) is 41.6 Å². The summed E-state index contributed by atoms with van der Waals surface area (Å²) < 4.78 is 5.50. The van der Waals surface area contributed by atoms with E-state index in [0.29, 0.717) is 17.2 Å². The molecule has 0 fully saturated rings. The molecule has 2 atom stereocenters. The van der Waals surface area contributed by atoms with Gasteiger partial charge in [0.15, 0.2) is 0 Å². The van der Waals surface area contributed by atoms with Crippen molar-refractivity contribution in [3.63, 3.8) is 0 Å². The van der Waals surface area contributed by atoms with Crippen molar-refractivity contribution in [1.82, 2.24) is 50.7 Å². The lowest BCUT2D eigenvalue weighted by atomic mass is 9.55. The second-order valence-electron chi connectivity index (χ2n) is 11.0. The van der Waals surface area contributed by atoms with E-state index in [-0.39, 0.29) is 0 Å². The topological polar surface area (TPSA) is 151 Å². The first kappa shape index (κ1) is 27.1. The maximum Gasteiger partial charge on any atom is 0.138 e. The van der Waals surface area contributed by atoms with Crippen molar-refractivity contribution in [2.45, 2.75) is 11.3 Å². The van der Waals surface area contributed by atoms with Crippen LogP contribution >= 0.6 is 11.3 Å². The van der Waals surface area contributed by atoms with Crippen molar-refractivity contribution in [1.29, 1.82) is 0 Å². The van der Waals surface area contributed by atoms with Crippen LogP contribution < -0.4 is 0 Å². The summed E-state index contributed by atoms with van der Waals surface area (Å²) >= 11 is 1.65. The number of aromatic amines is 3. The zero-order chi connectivity index (χ0) is 31.2. The predicted octanol–water partition coefficient (Wildman–Crippen LogP) is 6.55. The van der Waals surface area contributed by atoms with E-state index in [9.17, 15) is 0 Å². The molecule has 7 aromatic heterocycles. The fourth-order valence-electron chi connectivity index (χ4n) is 6.93. The minimum atomic E-state index is -1.01. The highest BCUT2D eigenvalue weighted by Gasteiger charge is 2.57. The summed E-state index contributed by atoms with van der Waals surface area (Å²) in [6, 6.07) is 26.4. The van der Waals surface area contributed by atoms with Crippen LogP contribution in [0.3, 0.4) is 0 Å². The van der Waals surface area contributed by atoms with E-state index in [1.54, 1.807) is 36.2 Å². The van der Waals surface area contributed by atoms with Gasteiger partial charge in [-0.3, -0.25) is 15.1 Å². The maximum atomic E-state index is 5.50. The highest BCUT2D eigenvalue weighted by molar-refractivity contribution is 7.10. The number of fused-ring (bicyclic) bond motifs is 1. The Bertz CT molecular complexity index is 2340. The molecule has 1 aromatic carbocycles. The van der Waals surface area contributed by atoms with E-state index < -0.39 is 11.3 Å². The molecule has 0 amide bonds. The molecule has 2 unspecified atom stereocenters. The molecule has 0 bridgehead atoms. The molecule has 1 aliphatic carbocycles. The highest BCUT2D eigenvalue weighted by Crippen LogP contribution is 2.65. The number of allylic oxidation sites excluding steroid dienone is 4. The van der Waals surface area contributed by atoms with E-state index in [1.165, 1.54) is 0 Å². The minimum absolute atomic E-state index is 0.478. The molecule has 3 N–H and O–H groups in total. The van der Waals surface area contributed by atoms with E-state index in [2.05, 4.69) is 72.4 Å². The lowest BCUT2D eigenvalue weighted by Crippen LogP contribution is -2.41. The molecule has 12 heteroatoms. The van der Waals surface area contributed by atoms with Gasteiger partial charge < -0.3 is 9.51 Å². The van der Waals surface area contributed by atoms with Crippen molar-refractivity contribution in [3.8, 4) is 0 Å². The van der Waals surface area contributed by atoms with E-state index >= 15 is 0 Å². The normalized spacial score (nSPS) is 18.3. The summed E-state index contributed by atoms with van der Waals surface area (Å²) in [5, 5.41) is 27.3. The molecule has 0 aliphatic heterocycles. The van der Waals surface area contributed by atoms with Gasteiger partial charge >= 0.3 is 0 Å². The largest absolute Gasteiger partial charge is 0.364 e. The molecule has 0 spiro atoms. The monoisotopic (exact) mass is 632 g/mol. The van der Waals surface area contributed by atoms with Gasteiger partial charge in [0.25, 0.3) is 0 Å². The van der Waals surface area contributed by atoms with Crippen LogP contribution in [0, 0.1) is 0 Å². The smallest absolute Gasteiger partial charge is 0.138 e. The molecule has 8 aromatic rings. The van der Waals surface area contributed by atoms with Crippen LogP contribution in [0.4, 0.5) is 0 Å². The van der Waals surface area contributed by atoms with Gasteiger partial charge in [0.05, 0.1) is 28.5 Å². The number of imidazole rings is 1. The van der Waals surface area contributed by atoms with Crippen LogP contribution in [-0.4, -0.2) is 50.7 Å². The maximum absolute atomic E-state index is 5.50. The summed E-state index contributed by atoms with van der Waals surface area (Å²) in [6.45, 7) is 0.